The van der Waals surface area contributed by atoms with Gasteiger partial charge in [-0.1, -0.05) is 65.2 Å². The van der Waals surface area contributed by atoms with E-state index in [0.717, 1.165) is 38.6 Å². The molecule has 0 atom stereocenters. The summed E-state index contributed by atoms with van der Waals surface area (Å²) in [5.74, 6) is 0.371. The van der Waals surface area contributed by atoms with Gasteiger partial charge in [-0.15, -0.1) is 0 Å². The number of fused-ring (bicyclic) bond motifs is 2. The number of hydrazone groups is 1. The third-order valence-electron chi connectivity index (χ3n) is 5.02. The minimum atomic E-state index is 0.371. The summed E-state index contributed by atoms with van der Waals surface area (Å²) in [6, 6.07) is 23.4. The number of rotatable bonds is 4. The van der Waals surface area contributed by atoms with Gasteiger partial charge in [-0.3, -0.25) is 0 Å². The lowest BCUT2D eigenvalue weighted by Crippen LogP contribution is -2.00. The molecular weight excluding hydrogens is 441 g/mol. The second kappa shape index (κ2) is 8.54. The first-order valence-electron chi connectivity index (χ1n) is 9.95. The first-order chi connectivity index (χ1) is 15.6. The fraction of sp³-hybridized carbons (Fsp3) is 0.0400. The quantitative estimate of drug-likeness (QED) is 0.181. The number of nitrogens with zero attached hydrogens (tertiary/aromatic N) is 4. The third kappa shape index (κ3) is 4.13. The molecule has 0 aliphatic rings. The van der Waals surface area contributed by atoms with Crippen molar-refractivity contribution in [3.05, 3.63) is 94.1 Å². The molecule has 3 aromatic carbocycles. The van der Waals surface area contributed by atoms with Crippen molar-refractivity contribution >= 4 is 57.2 Å². The van der Waals surface area contributed by atoms with Crippen LogP contribution < -0.4 is 5.43 Å². The van der Waals surface area contributed by atoms with E-state index < -0.39 is 0 Å². The maximum Gasteiger partial charge on any atom is 0.244 e. The fourth-order valence-electron chi connectivity index (χ4n) is 3.51. The molecule has 0 aliphatic heterocycles. The molecule has 2 heterocycles. The van der Waals surface area contributed by atoms with Crippen molar-refractivity contribution in [2.45, 2.75) is 6.92 Å². The molecule has 156 valence electrons. The lowest BCUT2D eigenvalue weighted by atomic mass is 10.1. The number of nitrogens with one attached hydrogen (secondary N) is 1. The Morgan fingerprint density at radius 1 is 0.844 bits per heavy atom. The van der Waals surface area contributed by atoms with Crippen LogP contribution in [0, 0.1) is 6.92 Å². The molecule has 0 unspecified atom stereocenters. The SMILES string of the molecule is Cc1ccc2nc(Cl)c(C=NNc3nc(-c4ccccc4)c4cc(Cl)ccc4n3)cc2c1. The molecule has 0 spiro atoms. The molecule has 0 radical (unpaired) electrons. The van der Waals surface area contributed by atoms with Gasteiger partial charge in [-0.25, -0.2) is 20.4 Å². The molecule has 32 heavy (non-hydrogen) atoms. The summed E-state index contributed by atoms with van der Waals surface area (Å²) in [5, 5.41) is 7.19. The van der Waals surface area contributed by atoms with Crippen LogP contribution in [0.5, 0.6) is 0 Å². The normalized spacial score (nSPS) is 11.5. The second-order valence-corrected chi connectivity index (χ2v) is 8.15. The number of hydrogen-bond donors (Lipinski definition) is 1. The van der Waals surface area contributed by atoms with E-state index in [-0.39, 0.29) is 0 Å². The summed E-state index contributed by atoms with van der Waals surface area (Å²) >= 11 is 12.6. The van der Waals surface area contributed by atoms with Gasteiger partial charge in [0.2, 0.25) is 5.95 Å². The van der Waals surface area contributed by atoms with E-state index in [1.807, 2.05) is 67.6 Å². The first-order valence-corrected chi connectivity index (χ1v) is 10.7. The number of halogens is 2. The van der Waals surface area contributed by atoms with Crippen molar-refractivity contribution in [2.24, 2.45) is 5.10 Å². The predicted molar refractivity (Wildman–Crippen MR) is 133 cm³/mol. The van der Waals surface area contributed by atoms with Crippen molar-refractivity contribution in [1.29, 1.82) is 0 Å². The largest absolute Gasteiger partial charge is 0.245 e. The number of hydrogen-bond acceptors (Lipinski definition) is 5. The van der Waals surface area contributed by atoms with E-state index in [4.69, 9.17) is 23.2 Å². The smallest absolute Gasteiger partial charge is 0.244 e. The summed E-state index contributed by atoms with van der Waals surface area (Å²) in [7, 11) is 0. The molecule has 0 aliphatic carbocycles. The molecule has 0 saturated carbocycles. The highest BCUT2D eigenvalue weighted by molar-refractivity contribution is 6.32. The van der Waals surface area contributed by atoms with Crippen LogP contribution in [0.2, 0.25) is 10.2 Å². The van der Waals surface area contributed by atoms with E-state index in [1.165, 1.54) is 0 Å². The van der Waals surface area contributed by atoms with E-state index in [0.29, 0.717) is 21.7 Å². The molecule has 0 amide bonds. The van der Waals surface area contributed by atoms with E-state index in [1.54, 1.807) is 12.3 Å². The van der Waals surface area contributed by atoms with Crippen LogP contribution >= 0.6 is 23.2 Å². The summed E-state index contributed by atoms with van der Waals surface area (Å²) < 4.78 is 0. The van der Waals surface area contributed by atoms with E-state index in [2.05, 4.69) is 31.5 Å². The second-order valence-electron chi connectivity index (χ2n) is 7.36. The fourth-order valence-corrected chi connectivity index (χ4v) is 3.87. The van der Waals surface area contributed by atoms with Crippen molar-refractivity contribution < 1.29 is 0 Å². The van der Waals surface area contributed by atoms with Crippen LogP contribution in [0.25, 0.3) is 33.1 Å². The van der Waals surface area contributed by atoms with Gasteiger partial charge < -0.3 is 0 Å². The summed E-state index contributed by atoms with van der Waals surface area (Å²) in [6.07, 6.45) is 1.62. The standard InChI is InChI=1S/C25H17Cl2N5/c1-15-7-9-21-17(11-15)12-18(24(27)29-21)14-28-32-25-30-22-10-8-19(26)13-20(22)23(31-25)16-5-3-2-4-6-16/h2-14H,1H3,(H,30,31,32). The molecule has 0 fully saturated rings. The molecule has 0 bridgehead atoms. The zero-order chi connectivity index (χ0) is 22.1. The Kier molecular flexibility index (Phi) is 5.43. The van der Waals surface area contributed by atoms with Crippen molar-refractivity contribution in [3.63, 3.8) is 0 Å². The van der Waals surface area contributed by atoms with Crippen LogP contribution in [-0.4, -0.2) is 21.2 Å². The number of aryl methyl sites for hydroxylation is 1. The van der Waals surface area contributed by atoms with E-state index in [9.17, 15) is 0 Å². The van der Waals surface area contributed by atoms with Gasteiger partial charge in [0.05, 0.1) is 22.9 Å². The van der Waals surface area contributed by atoms with Gasteiger partial charge in [-0.2, -0.15) is 5.10 Å². The Bertz CT molecular complexity index is 1480. The molecule has 0 saturated heterocycles. The zero-order valence-corrected chi connectivity index (χ0v) is 18.6. The lowest BCUT2D eigenvalue weighted by Gasteiger charge is -2.09. The topological polar surface area (TPSA) is 63.1 Å². The Balaban J connectivity index is 1.51. The lowest BCUT2D eigenvalue weighted by molar-refractivity contribution is 1.16. The van der Waals surface area contributed by atoms with Gasteiger partial charge in [-0.05, 0) is 43.3 Å². The van der Waals surface area contributed by atoms with Gasteiger partial charge in [0.1, 0.15) is 5.15 Å². The Morgan fingerprint density at radius 3 is 2.50 bits per heavy atom. The number of anilines is 1. The van der Waals surface area contributed by atoms with E-state index >= 15 is 0 Å². The van der Waals surface area contributed by atoms with Gasteiger partial charge >= 0.3 is 0 Å². The van der Waals surface area contributed by atoms with Crippen LogP contribution in [0.4, 0.5) is 5.95 Å². The third-order valence-corrected chi connectivity index (χ3v) is 5.56. The number of aromatic nitrogens is 3. The molecule has 5 nitrogen and oxygen atoms in total. The van der Waals surface area contributed by atoms with Crippen LogP contribution in [0.15, 0.2) is 77.9 Å². The highest BCUT2D eigenvalue weighted by Gasteiger charge is 2.10. The Labute approximate surface area is 194 Å². The minimum absolute atomic E-state index is 0.371. The number of benzene rings is 3. The molecule has 5 rings (SSSR count). The molecule has 1 N–H and O–H groups in total. The highest BCUT2D eigenvalue weighted by atomic mass is 35.5. The summed E-state index contributed by atoms with van der Waals surface area (Å²) in [4.78, 5) is 13.7. The van der Waals surface area contributed by atoms with Crippen LogP contribution in [0.1, 0.15) is 11.1 Å². The Hall–Kier alpha value is -3.54. The average molecular weight is 458 g/mol. The van der Waals surface area contributed by atoms with Crippen LogP contribution in [-0.2, 0) is 0 Å². The predicted octanol–water partition coefficient (Wildman–Crippen LogP) is 6.91. The summed E-state index contributed by atoms with van der Waals surface area (Å²) in [5.41, 5.74) is 8.13. The highest BCUT2D eigenvalue weighted by Crippen LogP contribution is 2.29. The van der Waals surface area contributed by atoms with Gasteiger partial charge in [0.15, 0.2) is 0 Å². The zero-order valence-electron chi connectivity index (χ0n) is 17.1. The van der Waals surface area contributed by atoms with Crippen molar-refractivity contribution in [2.75, 3.05) is 5.43 Å². The first kappa shape index (κ1) is 20.4. The van der Waals surface area contributed by atoms with Crippen LogP contribution in [0.3, 0.4) is 0 Å². The molecular formula is C25H17Cl2N5. The van der Waals surface area contributed by atoms with Crippen molar-refractivity contribution in [1.82, 2.24) is 15.0 Å². The Morgan fingerprint density at radius 2 is 1.66 bits per heavy atom. The monoisotopic (exact) mass is 457 g/mol. The number of pyridine rings is 1. The summed E-state index contributed by atoms with van der Waals surface area (Å²) in [6.45, 7) is 2.04. The maximum atomic E-state index is 6.35. The van der Waals surface area contributed by atoms with Crippen molar-refractivity contribution in [3.8, 4) is 11.3 Å². The molecule has 5 aromatic rings. The van der Waals surface area contributed by atoms with Gasteiger partial charge in [0.25, 0.3) is 0 Å². The molecule has 2 aromatic heterocycles. The average Bonchev–Trinajstić information content (AvgIpc) is 2.80. The molecule has 7 heteroatoms. The van der Waals surface area contributed by atoms with Gasteiger partial charge in [0, 0.05) is 26.9 Å². The maximum absolute atomic E-state index is 6.35. The minimum Gasteiger partial charge on any atom is -0.245 e.